The minimum absolute atomic E-state index is 0.0417. The highest BCUT2D eigenvalue weighted by Gasteiger charge is 2.51. The first-order valence-electron chi connectivity index (χ1n) is 12.6. The fourth-order valence-corrected chi connectivity index (χ4v) is 5.63. The molecular weight excluding hydrogens is 478 g/mol. The number of nitrogens with two attached hydrogens (primary N) is 1. The third-order valence-corrected chi connectivity index (χ3v) is 7.34. The van der Waals surface area contributed by atoms with Gasteiger partial charge in [0.15, 0.2) is 0 Å². The van der Waals surface area contributed by atoms with Crippen molar-refractivity contribution in [2.24, 2.45) is 16.1 Å². The first kappa shape index (κ1) is 28.3. The van der Waals surface area contributed by atoms with Gasteiger partial charge in [-0.15, -0.1) is 11.3 Å². The molecule has 200 valence electrons. The van der Waals surface area contributed by atoms with E-state index in [2.05, 4.69) is 16.0 Å². The van der Waals surface area contributed by atoms with Crippen molar-refractivity contribution in [2.45, 2.75) is 59.6 Å². The summed E-state index contributed by atoms with van der Waals surface area (Å²) in [5.41, 5.74) is 7.91. The SMILES string of the molecule is CCCN(OCC)C(=O)C1=Cc2sc(CN3CC4(CN(C=O)C4)C3)cc2N=C(N)C1.COC(C)(C)C. The van der Waals surface area contributed by atoms with Crippen LogP contribution >= 0.6 is 11.3 Å². The van der Waals surface area contributed by atoms with Crippen LogP contribution in [-0.2, 0) is 25.7 Å². The molecule has 3 aliphatic rings. The predicted octanol–water partition coefficient (Wildman–Crippen LogP) is 3.42. The van der Waals surface area contributed by atoms with Gasteiger partial charge >= 0.3 is 0 Å². The molecule has 0 aromatic carbocycles. The van der Waals surface area contributed by atoms with E-state index in [1.807, 2.05) is 45.6 Å². The van der Waals surface area contributed by atoms with Crippen molar-refractivity contribution in [3.05, 3.63) is 21.4 Å². The Balaban J connectivity index is 0.000000538. The van der Waals surface area contributed by atoms with Crippen molar-refractivity contribution < 1.29 is 19.2 Å². The number of nitrogens with zero attached hydrogens (tertiary/aromatic N) is 4. The van der Waals surface area contributed by atoms with E-state index in [9.17, 15) is 9.59 Å². The molecule has 3 aliphatic heterocycles. The van der Waals surface area contributed by atoms with Crippen LogP contribution in [0.4, 0.5) is 5.69 Å². The average molecular weight is 520 g/mol. The summed E-state index contributed by atoms with van der Waals surface area (Å²) >= 11 is 1.66. The fourth-order valence-electron chi connectivity index (χ4n) is 4.52. The zero-order chi connectivity index (χ0) is 26.5. The molecule has 0 radical (unpaired) electrons. The zero-order valence-electron chi connectivity index (χ0n) is 22.5. The predicted molar refractivity (Wildman–Crippen MR) is 144 cm³/mol. The van der Waals surface area contributed by atoms with Crippen molar-refractivity contribution in [3.8, 4) is 0 Å². The lowest BCUT2D eigenvalue weighted by atomic mass is 9.73. The monoisotopic (exact) mass is 519 g/mol. The van der Waals surface area contributed by atoms with Crippen LogP contribution in [0.2, 0.25) is 0 Å². The fraction of sp³-hybridized carbons (Fsp3) is 0.654. The van der Waals surface area contributed by atoms with Gasteiger partial charge in [-0.3, -0.25) is 19.3 Å². The number of hydrogen-bond acceptors (Lipinski definition) is 8. The van der Waals surface area contributed by atoms with Crippen LogP contribution < -0.4 is 5.73 Å². The van der Waals surface area contributed by atoms with E-state index in [4.69, 9.17) is 15.3 Å². The third kappa shape index (κ3) is 7.15. The minimum Gasteiger partial charge on any atom is -0.387 e. The van der Waals surface area contributed by atoms with Crippen LogP contribution in [0.1, 0.15) is 57.2 Å². The van der Waals surface area contributed by atoms with E-state index in [1.54, 1.807) is 18.4 Å². The van der Waals surface area contributed by atoms with Gasteiger partial charge in [0.05, 0.1) is 22.8 Å². The summed E-state index contributed by atoms with van der Waals surface area (Å²) in [5, 5.41) is 1.43. The molecule has 1 spiro atoms. The van der Waals surface area contributed by atoms with Gasteiger partial charge in [0, 0.05) is 68.7 Å². The number of thiophene rings is 1. The Kier molecular flexibility index (Phi) is 9.32. The second-order valence-corrected chi connectivity index (χ2v) is 11.9. The number of carbonyl (C=O) groups excluding carboxylic acids is 2. The van der Waals surface area contributed by atoms with E-state index in [1.165, 1.54) is 9.94 Å². The van der Waals surface area contributed by atoms with E-state index >= 15 is 0 Å². The van der Waals surface area contributed by atoms with Gasteiger partial charge in [0.2, 0.25) is 6.41 Å². The maximum Gasteiger partial charge on any atom is 0.273 e. The summed E-state index contributed by atoms with van der Waals surface area (Å²) < 4.78 is 4.94. The summed E-state index contributed by atoms with van der Waals surface area (Å²) in [6.45, 7) is 15.6. The number of hydroxylamine groups is 2. The molecule has 9 nitrogen and oxygen atoms in total. The first-order chi connectivity index (χ1) is 17.0. The molecule has 36 heavy (non-hydrogen) atoms. The molecule has 2 saturated heterocycles. The molecule has 2 N–H and O–H groups in total. The number of likely N-dealkylation sites (tertiary alicyclic amines) is 2. The second kappa shape index (κ2) is 11.9. The highest BCUT2D eigenvalue weighted by molar-refractivity contribution is 7.13. The minimum atomic E-state index is -0.144. The third-order valence-electron chi connectivity index (χ3n) is 6.28. The Morgan fingerprint density at radius 1 is 1.28 bits per heavy atom. The molecule has 0 unspecified atom stereocenters. The molecule has 0 atom stereocenters. The van der Waals surface area contributed by atoms with Gasteiger partial charge in [-0.05, 0) is 46.3 Å². The lowest BCUT2D eigenvalue weighted by Gasteiger charge is -2.59. The number of amides is 2. The quantitative estimate of drug-likeness (QED) is 0.417. The summed E-state index contributed by atoms with van der Waals surface area (Å²) in [6, 6.07) is 2.08. The van der Waals surface area contributed by atoms with Crippen LogP contribution in [0.3, 0.4) is 0 Å². The van der Waals surface area contributed by atoms with Gasteiger partial charge < -0.3 is 15.4 Å². The Hall–Kier alpha value is -2.27. The molecule has 0 bridgehead atoms. The van der Waals surface area contributed by atoms with Crippen LogP contribution in [0.15, 0.2) is 16.6 Å². The van der Waals surface area contributed by atoms with E-state index in [0.717, 1.165) is 56.1 Å². The maximum atomic E-state index is 13.0. The first-order valence-corrected chi connectivity index (χ1v) is 13.4. The van der Waals surface area contributed by atoms with Crippen molar-refractivity contribution in [1.29, 1.82) is 0 Å². The van der Waals surface area contributed by atoms with Gasteiger partial charge in [0.25, 0.3) is 5.91 Å². The molecule has 0 saturated carbocycles. The largest absolute Gasteiger partial charge is 0.387 e. The number of fused-ring (bicyclic) bond motifs is 1. The number of aliphatic imine (C=N–C) groups is 1. The summed E-state index contributed by atoms with van der Waals surface area (Å²) in [5.74, 6) is 0.297. The number of methoxy groups -OCH3 is 1. The maximum absolute atomic E-state index is 13.0. The molecule has 2 amide bonds. The number of carbonyl (C=O) groups is 2. The Morgan fingerprint density at radius 3 is 2.50 bits per heavy atom. The van der Waals surface area contributed by atoms with Crippen LogP contribution in [-0.4, -0.2) is 85.1 Å². The van der Waals surface area contributed by atoms with Gasteiger partial charge in [-0.1, -0.05) is 6.92 Å². The van der Waals surface area contributed by atoms with Crippen molar-refractivity contribution in [3.63, 3.8) is 0 Å². The molecule has 0 aliphatic carbocycles. The number of amidine groups is 1. The van der Waals surface area contributed by atoms with E-state index < -0.39 is 0 Å². The number of hydrogen-bond donors (Lipinski definition) is 1. The summed E-state index contributed by atoms with van der Waals surface area (Å²) in [7, 11) is 1.71. The number of ether oxygens (including phenoxy) is 1. The van der Waals surface area contributed by atoms with Crippen molar-refractivity contribution in [2.75, 3.05) is 46.4 Å². The van der Waals surface area contributed by atoms with Crippen LogP contribution in [0.25, 0.3) is 6.08 Å². The smallest absolute Gasteiger partial charge is 0.273 e. The standard InChI is InChI=1S/C21H29N5O3S.C5H12O/c1-3-5-26(29-4-2)20(28)15-6-18-17(23-19(22)7-15)8-16(30-18)9-24-10-21(11-24)12-25(13-21)14-27;1-5(2,3)6-4/h6,8,14H,3-5,7,9-13H2,1-2H3,(H2,22,23);1-4H3. The number of rotatable bonds is 8. The Labute approximate surface area is 218 Å². The Morgan fingerprint density at radius 2 is 1.94 bits per heavy atom. The molecule has 1 aromatic rings. The molecule has 4 rings (SSSR count). The molecule has 4 heterocycles. The van der Waals surface area contributed by atoms with E-state index in [0.29, 0.717) is 36.4 Å². The Bertz CT molecular complexity index is 977. The normalized spacial score (nSPS) is 18.6. The van der Waals surface area contributed by atoms with E-state index in [-0.39, 0.29) is 11.5 Å². The summed E-state index contributed by atoms with van der Waals surface area (Å²) in [4.78, 5) is 40.2. The highest BCUT2D eigenvalue weighted by Crippen LogP contribution is 2.41. The van der Waals surface area contributed by atoms with Gasteiger partial charge in [-0.2, -0.15) is 0 Å². The molecule has 10 heteroatoms. The van der Waals surface area contributed by atoms with Crippen molar-refractivity contribution >= 4 is 41.3 Å². The van der Waals surface area contributed by atoms with Crippen LogP contribution in [0.5, 0.6) is 0 Å². The van der Waals surface area contributed by atoms with Gasteiger partial charge in [0.1, 0.15) is 5.84 Å². The average Bonchev–Trinajstić information content (AvgIpc) is 3.06. The zero-order valence-corrected chi connectivity index (χ0v) is 23.3. The van der Waals surface area contributed by atoms with Gasteiger partial charge in [-0.25, -0.2) is 10.1 Å². The second-order valence-electron chi connectivity index (χ2n) is 10.7. The molecule has 2 fully saturated rings. The topological polar surface area (TPSA) is 101 Å². The lowest BCUT2D eigenvalue weighted by molar-refractivity contribution is -0.180. The lowest BCUT2D eigenvalue weighted by Crippen LogP contribution is -2.71. The van der Waals surface area contributed by atoms with Crippen LogP contribution in [0, 0.1) is 5.41 Å². The summed E-state index contributed by atoms with van der Waals surface area (Å²) in [6.07, 6.45) is 4.00. The highest BCUT2D eigenvalue weighted by atomic mass is 32.1. The molecule has 1 aromatic heterocycles. The van der Waals surface area contributed by atoms with Crippen molar-refractivity contribution in [1.82, 2.24) is 14.9 Å². The molecular formula is C26H41N5O4S.